The van der Waals surface area contributed by atoms with Gasteiger partial charge < -0.3 is 9.64 Å². The topological polar surface area (TPSA) is 38.2 Å². The van der Waals surface area contributed by atoms with Gasteiger partial charge in [0.05, 0.1) is 12.2 Å². The summed E-state index contributed by atoms with van der Waals surface area (Å²) in [4.78, 5) is 2.04. The van der Waals surface area contributed by atoms with E-state index in [1.165, 1.54) is 11.5 Å². The second-order valence-electron chi connectivity index (χ2n) is 4.73. The molecule has 6 heteroatoms. The normalized spacial score (nSPS) is 10.5. The maximum atomic E-state index is 6.08. The molecule has 3 rings (SSSR count). The average molecular weight is 332 g/mol. The Morgan fingerprint density at radius 3 is 2.55 bits per heavy atom. The summed E-state index contributed by atoms with van der Waals surface area (Å²) < 4.78 is 10.5. The van der Waals surface area contributed by atoms with Gasteiger partial charge in [-0.25, -0.2) is 0 Å². The molecule has 2 aromatic carbocycles. The molecule has 1 heterocycles. The summed E-state index contributed by atoms with van der Waals surface area (Å²) in [5.41, 5.74) is 1.74. The first-order chi connectivity index (χ1) is 10.7. The first-order valence-electron chi connectivity index (χ1n) is 6.74. The number of aromatic nitrogens is 2. The lowest BCUT2D eigenvalue weighted by Gasteiger charge is -2.21. The van der Waals surface area contributed by atoms with Crippen LogP contribution in [0.25, 0.3) is 0 Å². The van der Waals surface area contributed by atoms with Crippen LogP contribution in [0.3, 0.4) is 0 Å². The molecule has 112 valence electrons. The molecular formula is C16H14ClN3OS. The van der Waals surface area contributed by atoms with Crippen LogP contribution >= 0.6 is 23.1 Å². The minimum atomic E-state index is 0.574. The Balaban J connectivity index is 1.83. The van der Waals surface area contributed by atoms with E-state index in [4.69, 9.17) is 16.3 Å². The number of anilines is 1. The third-order valence-electron chi connectivity index (χ3n) is 3.14. The molecule has 0 aliphatic heterocycles. The molecule has 0 unspecified atom stereocenters. The van der Waals surface area contributed by atoms with Gasteiger partial charge in [0.2, 0.25) is 0 Å². The average Bonchev–Trinajstić information content (AvgIpc) is 2.94. The molecule has 0 fully saturated rings. The molecule has 0 atom stereocenters. The minimum absolute atomic E-state index is 0.574. The van der Waals surface area contributed by atoms with Crippen molar-refractivity contribution in [3.8, 4) is 11.5 Å². The van der Waals surface area contributed by atoms with Crippen LogP contribution < -0.4 is 9.64 Å². The molecule has 0 bridgehead atoms. The highest BCUT2D eigenvalue weighted by molar-refractivity contribution is 7.10. The van der Waals surface area contributed by atoms with E-state index < -0.39 is 0 Å². The van der Waals surface area contributed by atoms with Crippen LogP contribution in [0.4, 0.5) is 5.69 Å². The molecule has 0 aliphatic rings. The summed E-state index contributed by atoms with van der Waals surface area (Å²) in [7, 11) is 1.98. The zero-order chi connectivity index (χ0) is 15.4. The highest BCUT2D eigenvalue weighted by Crippen LogP contribution is 2.32. The van der Waals surface area contributed by atoms with E-state index in [9.17, 15) is 0 Å². The molecule has 0 spiro atoms. The zero-order valence-electron chi connectivity index (χ0n) is 11.9. The number of hydrogen-bond acceptors (Lipinski definition) is 5. The number of para-hydroxylation sites is 3. The van der Waals surface area contributed by atoms with E-state index in [0.717, 1.165) is 22.9 Å². The van der Waals surface area contributed by atoms with E-state index in [1.807, 2.05) is 66.5 Å². The molecule has 0 saturated carbocycles. The minimum Gasteiger partial charge on any atom is -0.455 e. The van der Waals surface area contributed by atoms with Gasteiger partial charge in [-0.1, -0.05) is 46.4 Å². The van der Waals surface area contributed by atoms with Gasteiger partial charge in [-0.3, -0.25) is 0 Å². The number of halogens is 1. The lowest BCUT2D eigenvalue weighted by atomic mass is 10.2. The molecule has 0 aliphatic carbocycles. The first kappa shape index (κ1) is 14.8. The van der Waals surface area contributed by atoms with Crippen LogP contribution in [0.5, 0.6) is 11.5 Å². The second-order valence-corrected chi connectivity index (χ2v) is 6.09. The van der Waals surface area contributed by atoms with Crippen LogP contribution in [0, 0.1) is 0 Å². The fraction of sp³-hybridized carbons (Fsp3) is 0.125. The summed E-state index contributed by atoms with van der Waals surface area (Å²) in [5.74, 6) is 1.59. The number of rotatable bonds is 5. The summed E-state index contributed by atoms with van der Waals surface area (Å²) in [6.07, 6.45) is 0. The fourth-order valence-electron chi connectivity index (χ4n) is 2.08. The van der Waals surface area contributed by atoms with Gasteiger partial charge in [0.1, 0.15) is 15.8 Å². The van der Waals surface area contributed by atoms with Gasteiger partial charge >= 0.3 is 0 Å². The highest BCUT2D eigenvalue weighted by Gasteiger charge is 2.13. The lowest BCUT2D eigenvalue weighted by molar-refractivity contribution is 0.482. The summed E-state index contributed by atoms with van der Waals surface area (Å²) in [5, 5.41) is 4.05. The van der Waals surface area contributed by atoms with Crippen molar-refractivity contribution >= 4 is 28.8 Å². The SMILES string of the molecule is CN(Cc1nnsc1Cl)c1ccccc1Oc1ccccc1. The molecule has 0 N–H and O–H groups in total. The van der Waals surface area contributed by atoms with Crippen LogP contribution in [0.15, 0.2) is 54.6 Å². The predicted octanol–water partition coefficient (Wildman–Crippen LogP) is 4.62. The third-order valence-corrected chi connectivity index (χ3v) is 4.13. The molecule has 3 aromatic rings. The maximum absolute atomic E-state index is 6.08. The molecule has 0 radical (unpaired) electrons. The number of ether oxygens (including phenoxy) is 1. The largest absolute Gasteiger partial charge is 0.455 e. The number of benzene rings is 2. The molecular weight excluding hydrogens is 318 g/mol. The van der Waals surface area contributed by atoms with Crippen LogP contribution in [-0.4, -0.2) is 16.6 Å². The van der Waals surface area contributed by atoms with Crippen molar-refractivity contribution in [1.29, 1.82) is 0 Å². The van der Waals surface area contributed by atoms with Crippen LogP contribution in [-0.2, 0) is 6.54 Å². The summed E-state index contributed by atoms with van der Waals surface area (Å²) >= 11 is 7.27. The Bertz CT molecular complexity index is 748. The van der Waals surface area contributed by atoms with E-state index in [-0.39, 0.29) is 0 Å². The van der Waals surface area contributed by atoms with Gasteiger partial charge in [-0.2, -0.15) is 0 Å². The molecule has 1 aromatic heterocycles. The van der Waals surface area contributed by atoms with E-state index in [2.05, 4.69) is 9.59 Å². The quantitative estimate of drug-likeness (QED) is 0.683. The van der Waals surface area contributed by atoms with Gasteiger partial charge in [-0.15, -0.1) is 5.10 Å². The monoisotopic (exact) mass is 331 g/mol. The predicted molar refractivity (Wildman–Crippen MR) is 90.0 cm³/mol. The lowest BCUT2D eigenvalue weighted by Crippen LogP contribution is -2.17. The third kappa shape index (κ3) is 3.37. The Kier molecular flexibility index (Phi) is 4.56. The molecule has 0 saturated heterocycles. The van der Waals surface area contributed by atoms with Gasteiger partial charge in [-0.05, 0) is 24.3 Å². The Morgan fingerprint density at radius 1 is 1.09 bits per heavy atom. The highest BCUT2D eigenvalue weighted by atomic mass is 35.5. The number of hydrogen-bond donors (Lipinski definition) is 0. The van der Waals surface area contributed by atoms with Crippen molar-refractivity contribution in [3.05, 3.63) is 64.6 Å². The molecule has 22 heavy (non-hydrogen) atoms. The van der Waals surface area contributed by atoms with Gasteiger partial charge in [0, 0.05) is 18.6 Å². The molecule has 0 amide bonds. The van der Waals surface area contributed by atoms with Gasteiger partial charge in [0.15, 0.2) is 5.75 Å². The van der Waals surface area contributed by atoms with Crippen molar-refractivity contribution in [2.45, 2.75) is 6.54 Å². The van der Waals surface area contributed by atoms with Crippen molar-refractivity contribution in [1.82, 2.24) is 9.59 Å². The molecule has 4 nitrogen and oxygen atoms in total. The van der Waals surface area contributed by atoms with Gasteiger partial charge in [0.25, 0.3) is 0 Å². The Hall–Kier alpha value is -2.11. The van der Waals surface area contributed by atoms with Crippen LogP contribution in [0.1, 0.15) is 5.69 Å². The van der Waals surface area contributed by atoms with E-state index in [1.54, 1.807) is 0 Å². The smallest absolute Gasteiger partial charge is 0.150 e. The summed E-state index contributed by atoms with van der Waals surface area (Å²) in [6.45, 7) is 0.574. The van der Waals surface area contributed by atoms with Crippen molar-refractivity contribution in [2.24, 2.45) is 0 Å². The fourth-order valence-corrected chi connectivity index (χ4v) is 2.69. The van der Waals surface area contributed by atoms with Crippen LogP contribution in [0.2, 0.25) is 4.34 Å². The Labute approximate surface area is 138 Å². The standard InChI is InChI=1S/C16H14ClN3OS/c1-20(11-13-16(17)22-19-18-13)14-9-5-6-10-15(14)21-12-7-3-2-4-8-12/h2-10H,11H2,1H3. The van der Waals surface area contributed by atoms with E-state index in [0.29, 0.717) is 10.9 Å². The summed E-state index contributed by atoms with van der Waals surface area (Å²) in [6, 6.07) is 17.6. The second kappa shape index (κ2) is 6.77. The van der Waals surface area contributed by atoms with Crippen molar-refractivity contribution < 1.29 is 4.74 Å². The maximum Gasteiger partial charge on any atom is 0.150 e. The van der Waals surface area contributed by atoms with E-state index >= 15 is 0 Å². The van der Waals surface area contributed by atoms with Crippen molar-refractivity contribution in [3.63, 3.8) is 0 Å². The Morgan fingerprint density at radius 2 is 1.82 bits per heavy atom. The number of nitrogens with zero attached hydrogens (tertiary/aromatic N) is 3. The first-order valence-corrected chi connectivity index (χ1v) is 7.89. The van der Waals surface area contributed by atoms with Crippen molar-refractivity contribution in [2.75, 3.05) is 11.9 Å². The zero-order valence-corrected chi connectivity index (χ0v) is 13.5.